The maximum absolute atomic E-state index is 13.1. The first kappa shape index (κ1) is 20.2. The minimum Gasteiger partial charge on any atom is -0.466 e. The van der Waals surface area contributed by atoms with Crippen molar-refractivity contribution in [3.8, 4) is 0 Å². The van der Waals surface area contributed by atoms with Gasteiger partial charge in [0.15, 0.2) is 0 Å². The fraction of sp³-hybridized carbons (Fsp3) is 0.333. The Balaban J connectivity index is 2.74. The van der Waals surface area contributed by atoms with E-state index in [4.69, 9.17) is 4.74 Å². The molecule has 2 rings (SSSR count). The number of carbonyl (C=O) groups is 2. The maximum Gasteiger partial charge on any atom is 0.416 e. The summed E-state index contributed by atoms with van der Waals surface area (Å²) in [7, 11) is 2.01. The number of halogens is 3. The highest BCUT2D eigenvalue weighted by Crippen LogP contribution is 2.39. The molecule has 1 aromatic carbocycles. The third kappa shape index (κ3) is 4.00. The van der Waals surface area contributed by atoms with E-state index in [1.165, 1.54) is 0 Å². The van der Waals surface area contributed by atoms with Crippen molar-refractivity contribution in [2.45, 2.75) is 6.18 Å². The van der Waals surface area contributed by atoms with Gasteiger partial charge in [0.1, 0.15) is 18.1 Å². The fourth-order valence-corrected chi connectivity index (χ4v) is 2.40. The normalized spacial score (nSPS) is 14.8. The number of anilines is 1. The number of esters is 2. The summed E-state index contributed by atoms with van der Waals surface area (Å²) < 4.78 is 53.4. The van der Waals surface area contributed by atoms with Crippen molar-refractivity contribution in [2.75, 3.05) is 32.5 Å². The van der Waals surface area contributed by atoms with E-state index in [0.717, 1.165) is 19.1 Å². The topological polar surface area (TPSA) is 108 Å². The van der Waals surface area contributed by atoms with Gasteiger partial charge >= 0.3 is 18.1 Å². The molecule has 0 aromatic heterocycles. The van der Waals surface area contributed by atoms with Crippen molar-refractivity contribution in [1.29, 1.82) is 0 Å². The van der Waals surface area contributed by atoms with Crippen LogP contribution in [0.3, 0.4) is 0 Å². The van der Waals surface area contributed by atoms with Crippen molar-refractivity contribution < 1.29 is 41.9 Å². The summed E-state index contributed by atoms with van der Waals surface area (Å²) in [4.78, 5) is 35.2. The molecule has 0 N–H and O–H groups in total. The Morgan fingerprint density at radius 3 is 2.37 bits per heavy atom. The van der Waals surface area contributed by atoms with Crippen LogP contribution in [0.4, 0.5) is 24.5 Å². The first-order chi connectivity index (χ1) is 12.6. The molecule has 0 spiro atoms. The van der Waals surface area contributed by atoms with E-state index in [0.29, 0.717) is 18.2 Å². The van der Waals surface area contributed by atoms with Gasteiger partial charge in [-0.05, 0) is 12.1 Å². The Morgan fingerprint density at radius 2 is 1.85 bits per heavy atom. The molecule has 1 aliphatic heterocycles. The Hall–Kier alpha value is -3.15. The molecular weight excluding hydrogens is 377 g/mol. The van der Waals surface area contributed by atoms with Gasteiger partial charge in [-0.25, -0.2) is 9.59 Å². The van der Waals surface area contributed by atoms with Gasteiger partial charge in [0, 0.05) is 6.07 Å². The molecule has 9 nitrogen and oxygen atoms in total. The van der Waals surface area contributed by atoms with E-state index >= 15 is 0 Å². The summed E-state index contributed by atoms with van der Waals surface area (Å²) in [5, 5.41) is 11.3. The summed E-state index contributed by atoms with van der Waals surface area (Å²) in [6.45, 7) is -0.909. The minimum atomic E-state index is -4.79. The molecule has 27 heavy (non-hydrogen) atoms. The van der Waals surface area contributed by atoms with E-state index in [1.54, 1.807) is 0 Å². The Labute approximate surface area is 150 Å². The smallest absolute Gasteiger partial charge is 0.416 e. The predicted octanol–water partition coefficient (Wildman–Crippen LogP) is 2.01. The second-order valence-corrected chi connectivity index (χ2v) is 5.17. The highest BCUT2D eigenvalue weighted by atomic mass is 19.4. The number of nitro groups is 1. The fourth-order valence-electron chi connectivity index (χ4n) is 2.40. The van der Waals surface area contributed by atoms with Gasteiger partial charge in [-0.15, -0.1) is 0 Å². The van der Waals surface area contributed by atoms with Crippen LogP contribution in [0.15, 0.2) is 29.5 Å². The molecule has 0 radical (unpaired) electrons. The molecule has 0 saturated carbocycles. The van der Waals surface area contributed by atoms with Gasteiger partial charge in [-0.3, -0.25) is 10.1 Å². The number of benzene rings is 1. The number of hydrogen-bond acceptors (Lipinski definition) is 8. The van der Waals surface area contributed by atoms with E-state index in [2.05, 4.69) is 9.47 Å². The van der Waals surface area contributed by atoms with Crippen LogP contribution >= 0.6 is 0 Å². The number of alkyl halides is 3. The summed E-state index contributed by atoms with van der Waals surface area (Å²) in [6.07, 6.45) is -4.79. The third-order valence-corrected chi connectivity index (χ3v) is 3.62. The summed E-state index contributed by atoms with van der Waals surface area (Å²) >= 11 is 0. The van der Waals surface area contributed by atoms with E-state index in [-0.39, 0.29) is 12.2 Å². The van der Waals surface area contributed by atoms with E-state index in [1.807, 2.05) is 0 Å². The van der Waals surface area contributed by atoms with Crippen LogP contribution in [0.1, 0.15) is 5.56 Å². The minimum absolute atomic E-state index is 0.345. The number of hydrogen-bond donors (Lipinski definition) is 0. The molecule has 0 aliphatic carbocycles. The lowest BCUT2D eigenvalue weighted by Gasteiger charge is -2.31. The first-order valence-electron chi connectivity index (χ1n) is 7.22. The Bertz CT molecular complexity index is 820. The number of nitro benzene ring substituents is 1. The van der Waals surface area contributed by atoms with Crippen LogP contribution in [0.2, 0.25) is 0 Å². The lowest BCUT2D eigenvalue weighted by atomic mass is 10.1. The van der Waals surface area contributed by atoms with Gasteiger partial charge in [0.2, 0.25) is 0 Å². The molecule has 1 heterocycles. The SMILES string of the molecule is COC(=O)C1=C(C(=O)OC)N(c2cc(C(F)(F)F)ccc2[N+](=O)[O-])COC1. The van der Waals surface area contributed by atoms with Crippen molar-refractivity contribution in [3.05, 3.63) is 45.1 Å². The number of nitrogens with zero attached hydrogens (tertiary/aromatic N) is 2. The number of methoxy groups -OCH3 is 2. The van der Waals surface area contributed by atoms with Crippen LogP contribution < -0.4 is 4.90 Å². The molecule has 0 bridgehead atoms. The summed E-state index contributed by atoms with van der Waals surface area (Å²) in [5.74, 6) is -2.08. The molecule has 146 valence electrons. The van der Waals surface area contributed by atoms with Crippen LogP contribution in [0.25, 0.3) is 0 Å². The molecule has 0 fully saturated rings. The summed E-state index contributed by atoms with van der Waals surface area (Å²) in [5.41, 5.74) is -3.34. The Kier molecular flexibility index (Phi) is 5.69. The van der Waals surface area contributed by atoms with Crippen molar-refractivity contribution in [3.63, 3.8) is 0 Å². The zero-order chi connectivity index (χ0) is 20.4. The molecule has 0 amide bonds. The first-order valence-corrected chi connectivity index (χ1v) is 7.22. The monoisotopic (exact) mass is 390 g/mol. The number of ether oxygens (including phenoxy) is 3. The van der Waals surface area contributed by atoms with Crippen LogP contribution in [-0.4, -0.2) is 44.4 Å². The van der Waals surface area contributed by atoms with Crippen LogP contribution in [0, 0.1) is 10.1 Å². The Morgan fingerprint density at radius 1 is 1.22 bits per heavy atom. The average molecular weight is 390 g/mol. The van der Waals surface area contributed by atoms with Crippen LogP contribution in [-0.2, 0) is 30.0 Å². The van der Waals surface area contributed by atoms with Crippen LogP contribution in [0.5, 0.6) is 0 Å². The zero-order valence-corrected chi connectivity index (χ0v) is 14.0. The average Bonchev–Trinajstić information content (AvgIpc) is 2.64. The van der Waals surface area contributed by atoms with Gasteiger partial charge in [-0.2, -0.15) is 13.2 Å². The molecule has 0 atom stereocenters. The molecule has 12 heteroatoms. The molecule has 0 saturated heterocycles. The van der Waals surface area contributed by atoms with Crippen molar-refractivity contribution in [1.82, 2.24) is 0 Å². The molecular formula is C15H13F3N2O7. The number of rotatable bonds is 4. The molecule has 0 unspecified atom stereocenters. The largest absolute Gasteiger partial charge is 0.466 e. The van der Waals surface area contributed by atoms with Gasteiger partial charge in [-0.1, -0.05) is 0 Å². The third-order valence-electron chi connectivity index (χ3n) is 3.62. The lowest BCUT2D eigenvalue weighted by Crippen LogP contribution is -2.39. The highest BCUT2D eigenvalue weighted by molar-refractivity contribution is 6.03. The second kappa shape index (κ2) is 7.61. The zero-order valence-electron chi connectivity index (χ0n) is 14.0. The van der Waals surface area contributed by atoms with Gasteiger partial charge < -0.3 is 19.1 Å². The molecule has 1 aliphatic rings. The highest BCUT2D eigenvalue weighted by Gasteiger charge is 2.38. The lowest BCUT2D eigenvalue weighted by molar-refractivity contribution is -0.384. The maximum atomic E-state index is 13.1. The molecule has 1 aromatic rings. The standard InChI is InChI=1S/C15H13F3N2O7/c1-25-13(21)9-6-27-7-19(12(9)14(22)26-2)11-5-8(15(16,17)18)3-4-10(11)20(23)24/h3-5H,6-7H2,1-2H3. The quantitative estimate of drug-likeness (QED) is 0.436. The van der Waals surface area contributed by atoms with E-state index < -0.39 is 52.4 Å². The van der Waals surface area contributed by atoms with Gasteiger partial charge in [0.05, 0.1) is 36.9 Å². The van der Waals surface area contributed by atoms with Crippen molar-refractivity contribution >= 4 is 23.3 Å². The summed E-state index contributed by atoms with van der Waals surface area (Å²) in [6, 6.07) is 1.68. The van der Waals surface area contributed by atoms with Gasteiger partial charge in [0.25, 0.3) is 5.69 Å². The predicted molar refractivity (Wildman–Crippen MR) is 82.5 cm³/mol. The van der Waals surface area contributed by atoms with Crippen molar-refractivity contribution in [2.24, 2.45) is 0 Å². The van der Waals surface area contributed by atoms with E-state index in [9.17, 15) is 32.9 Å². The second-order valence-electron chi connectivity index (χ2n) is 5.17. The number of carbonyl (C=O) groups excluding carboxylic acids is 2.